The van der Waals surface area contributed by atoms with Crippen molar-refractivity contribution in [2.45, 2.75) is 51.5 Å². The summed E-state index contributed by atoms with van der Waals surface area (Å²) in [5.74, 6) is 0.674. The molecule has 2 bridgehead atoms. The van der Waals surface area contributed by atoms with Crippen LogP contribution in [0, 0.1) is 10.8 Å². The highest BCUT2D eigenvalue weighted by atomic mass is 35.5. The second-order valence-corrected chi connectivity index (χ2v) is 12.3. The molecule has 2 aliphatic carbocycles. The van der Waals surface area contributed by atoms with Crippen LogP contribution < -0.4 is 4.74 Å². The predicted octanol–water partition coefficient (Wildman–Crippen LogP) is 7.60. The second-order valence-electron chi connectivity index (χ2n) is 11.5. The molecular formula is C32H34Cl2N2O3. The molecule has 204 valence electrons. The van der Waals surface area contributed by atoms with Crippen LogP contribution in [0.25, 0.3) is 22.4 Å². The minimum absolute atomic E-state index is 0.00170. The maximum absolute atomic E-state index is 12.5. The van der Waals surface area contributed by atoms with Crippen LogP contribution in [0.4, 0.5) is 0 Å². The quantitative estimate of drug-likeness (QED) is 0.276. The van der Waals surface area contributed by atoms with Gasteiger partial charge in [0, 0.05) is 40.4 Å². The van der Waals surface area contributed by atoms with Crippen LogP contribution in [-0.2, 0) is 22.5 Å². The Hall–Kier alpha value is -2.60. The lowest BCUT2D eigenvalue weighted by molar-refractivity contribution is -0.152. The fourth-order valence-corrected chi connectivity index (χ4v) is 7.83. The van der Waals surface area contributed by atoms with E-state index in [-0.39, 0.29) is 16.8 Å². The van der Waals surface area contributed by atoms with E-state index in [9.17, 15) is 4.79 Å². The number of esters is 1. The summed E-state index contributed by atoms with van der Waals surface area (Å²) >= 11 is 13.5. The van der Waals surface area contributed by atoms with E-state index in [1.807, 2.05) is 42.5 Å². The summed E-state index contributed by atoms with van der Waals surface area (Å²) in [6, 6.07) is 15.9. The van der Waals surface area contributed by atoms with Crippen LogP contribution in [0.1, 0.15) is 49.7 Å². The lowest BCUT2D eigenvalue weighted by atomic mass is 9.80. The van der Waals surface area contributed by atoms with Gasteiger partial charge in [0.25, 0.3) is 0 Å². The molecule has 0 amide bonds. The Bertz CT molecular complexity index is 1410. The summed E-state index contributed by atoms with van der Waals surface area (Å²) in [7, 11) is 3.21. The van der Waals surface area contributed by atoms with Gasteiger partial charge < -0.3 is 9.47 Å². The van der Waals surface area contributed by atoms with E-state index in [0.29, 0.717) is 15.9 Å². The Morgan fingerprint density at radius 1 is 1.00 bits per heavy atom. The fraction of sp³-hybridized carbons (Fsp3) is 0.438. The van der Waals surface area contributed by atoms with Crippen LogP contribution in [-0.4, -0.2) is 43.2 Å². The highest BCUT2D eigenvalue weighted by Crippen LogP contribution is 2.63. The van der Waals surface area contributed by atoms with Gasteiger partial charge in [0.15, 0.2) is 0 Å². The van der Waals surface area contributed by atoms with Crippen molar-refractivity contribution in [2.24, 2.45) is 10.8 Å². The van der Waals surface area contributed by atoms with Gasteiger partial charge in [-0.05, 0) is 74.6 Å². The smallest absolute Gasteiger partial charge is 0.311 e. The number of hydrogen-bond acceptors (Lipinski definition) is 5. The van der Waals surface area contributed by atoms with Crippen molar-refractivity contribution in [3.63, 3.8) is 0 Å². The number of benzene rings is 2. The third kappa shape index (κ3) is 4.73. The van der Waals surface area contributed by atoms with Crippen molar-refractivity contribution in [1.82, 2.24) is 9.88 Å². The van der Waals surface area contributed by atoms with Crippen LogP contribution in [0.15, 0.2) is 48.5 Å². The third-order valence-electron chi connectivity index (χ3n) is 9.44. The third-order valence-corrected chi connectivity index (χ3v) is 10.2. The largest absolute Gasteiger partial charge is 0.481 e. The molecule has 7 heteroatoms. The highest BCUT2D eigenvalue weighted by Gasteiger charge is 2.58. The second kappa shape index (κ2) is 10.4. The van der Waals surface area contributed by atoms with Crippen LogP contribution in [0.5, 0.6) is 5.88 Å². The number of methoxy groups -OCH3 is 2. The molecule has 3 aliphatic rings. The Morgan fingerprint density at radius 3 is 2.49 bits per heavy atom. The van der Waals surface area contributed by atoms with Gasteiger partial charge in [0.1, 0.15) is 0 Å². The van der Waals surface area contributed by atoms with E-state index < -0.39 is 0 Å². The van der Waals surface area contributed by atoms with Gasteiger partial charge in [-0.2, -0.15) is 0 Å². The summed E-state index contributed by atoms with van der Waals surface area (Å²) in [4.78, 5) is 19.9. The molecule has 39 heavy (non-hydrogen) atoms. The number of carbonyl (C=O) groups is 1. The number of rotatable bonds is 7. The van der Waals surface area contributed by atoms with Gasteiger partial charge in [-0.15, -0.1) is 0 Å². The minimum atomic E-state index is -0.227. The molecule has 0 atom stereocenters. The lowest BCUT2D eigenvalue weighted by Crippen LogP contribution is -2.34. The Kier molecular flexibility index (Phi) is 7.11. The molecule has 0 N–H and O–H groups in total. The summed E-state index contributed by atoms with van der Waals surface area (Å²) in [6.07, 6.45) is 7.23. The molecule has 0 saturated heterocycles. The number of fused-ring (bicyclic) bond motifs is 3. The van der Waals surface area contributed by atoms with Gasteiger partial charge in [0.2, 0.25) is 5.88 Å². The van der Waals surface area contributed by atoms with Gasteiger partial charge in [-0.3, -0.25) is 9.69 Å². The van der Waals surface area contributed by atoms with Gasteiger partial charge in [-0.25, -0.2) is 4.98 Å². The van der Waals surface area contributed by atoms with Crippen molar-refractivity contribution in [1.29, 1.82) is 0 Å². The molecule has 1 aromatic heterocycles. The standard InChI is InChI=1S/C32H34Cl2N2O3/c1-38-29-22-10-16-36(17-15-31-11-13-32(20-31,14-12-31)30(37)39-2)19-21(22)18-27(35-29)25-8-5-7-24(28(25)34)23-6-3-4-9-26(23)33/h3-9,18H,10-17,19-20H2,1-2H3. The summed E-state index contributed by atoms with van der Waals surface area (Å²) < 4.78 is 10.9. The van der Waals surface area contributed by atoms with Crippen molar-refractivity contribution in [3.8, 4) is 28.3 Å². The van der Waals surface area contributed by atoms with Crippen molar-refractivity contribution >= 4 is 29.2 Å². The maximum Gasteiger partial charge on any atom is 0.311 e. The highest BCUT2D eigenvalue weighted by molar-refractivity contribution is 6.38. The molecule has 2 aromatic carbocycles. The molecule has 0 spiro atoms. The van der Waals surface area contributed by atoms with E-state index in [0.717, 1.165) is 87.0 Å². The first-order chi connectivity index (χ1) is 18.9. The van der Waals surface area contributed by atoms with Crippen molar-refractivity contribution in [3.05, 3.63) is 69.7 Å². The van der Waals surface area contributed by atoms with E-state index in [2.05, 4.69) is 11.0 Å². The number of ether oxygens (including phenoxy) is 2. The molecule has 0 radical (unpaired) electrons. The first-order valence-electron chi connectivity index (χ1n) is 13.8. The average molecular weight is 566 g/mol. The zero-order valence-electron chi connectivity index (χ0n) is 22.6. The van der Waals surface area contributed by atoms with E-state index in [1.54, 1.807) is 7.11 Å². The Labute approximate surface area is 240 Å². The van der Waals surface area contributed by atoms with Gasteiger partial charge in [0.05, 0.1) is 30.4 Å². The van der Waals surface area contributed by atoms with Gasteiger partial charge >= 0.3 is 5.97 Å². The minimum Gasteiger partial charge on any atom is -0.481 e. The Morgan fingerprint density at radius 2 is 1.74 bits per heavy atom. The number of hydrogen-bond donors (Lipinski definition) is 0. The molecule has 3 aromatic rings. The number of pyridine rings is 1. The predicted molar refractivity (Wildman–Crippen MR) is 155 cm³/mol. The monoisotopic (exact) mass is 564 g/mol. The first kappa shape index (κ1) is 26.6. The van der Waals surface area contributed by atoms with E-state index in [1.165, 1.54) is 18.2 Å². The summed E-state index contributed by atoms with van der Waals surface area (Å²) in [5.41, 5.74) is 5.92. The molecular weight excluding hydrogens is 531 g/mol. The Balaban J connectivity index is 1.24. The molecule has 2 fully saturated rings. The number of nitrogens with zero attached hydrogens (tertiary/aromatic N) is 2. The summed E-state index contributed by atoms with van der Waals surface area (Å²) in [6.45, 7) is 2.85. The molecule has 6 rings (SSSR count). The first-order valence-corrected chi connectivity index (χ1v) is 14.5. The van der Waals surface area contributed by atoms with Crippen LogP contribution in [0.3, 0.4) is 0 Å². The topological polar surface area (TPSA) is 51.7 Å². The van der Waals surface area contributed by atoms with Crippen LogP contribution >= 0.6 is 23.2 Å². The van der Waals surface area contributed by atoms with Crippen molar-refractivity contribution in [2.75, 3.05) is 27.3 Å². The SMILES string of the molecule is COC(=O)C12CCC(CCN3CCc4c(cc(-c5cccc(-c6ccccc6Cl)c5Cl)nc4OC)C3)(CC1)C2. The number of halogens is 2. The van der Waals surface area contributed by atoms with Crippen LogP contribution in [0.2, 0.25) is 10.0 Å². The number of aromatic nitrogens is 1. The maximum atomic E-state index is 12.5. The molecule has 5 nitrogen and oxygen atoms in total. The number of carbonyl (C=O) groups excluding carboxylic acids is 1. The zero-order chi connectivity index (χ0) is 27.2. The van der Waals surface area contributed by atoms with Gasteiger partial charge in [-0.1, -0.05) is 59.6 Å². The van der Waals surface area contributed by atoms with E-state index in [4.69, 9.17) is 37.7 Å². The average Bonchev–Trinajstić information content (AvgIpc) is 3.53. The summed E-state index contributed by atoms with van der Waals surface area (Å²) in [5, 5.41) is 1.29. The lowest BCUT2D eigenvalue weighted by Gasteiger charge is -2.33. The molecule has 2 heterocycles. The van der Waals surface area contributed by atoms with Crippen molar-refractivity contribution < 1.29 is 14.3 Å². The fourth-order valence-electron chi connectivity index (χ4n) is 7.27. The zero-order valence-corrected chi connectivity index (χ0v) is 24.1. The van der Waals surface area contributed by atoms with E-state index >= 15 is 0 Å². The normalized spacial score (nSPS) is 24.0. The molecule has 0 unspecified atom stereocenters. The molecule has 1 aliphatic heterocycles. The molecule has 2 saturated carbocycles.